The van der Waals surface area contributed by atoms with Crippen LogP contribution in [0.5, 0.6) is 0 Å². The Bertz CT molecular complexity index is 136. The summed E-state index contributed by atoms with van der Waals surface area (Å²) < 4.78 is 0. The smallest absolute Gasteiger partial charge is 0.222 e. The van der Waals surface area contributed by atoms with Crippen LogP contribution >= 0.6 is 11.8 Å². The highest BCUT2D eigenvalue weighted by Gasteiger charge is 2.09. The third kappa shape index (κ3) is 5.47. The van der Waals surface area contributed by atoms with Gasteiger partial charge in [0.15, 0.2) is 0 Å². The first-order valence-electron chi connectivity index (χ1n) is 4.37. The summed E-state index contributed by atoms with van der Waals surface area (Å²) in [5.41, 5.74) is 0. The van der Waals surface area contributed by atoms with Gasteiger partial charge in [-0.25, -0.2) is 0 Å². The number of nitrogens with one attached hydrogen (secondary N) is 1. The zero-order chi connectivity index (χ0) is 9.56. The molecule has 1 atom stereocenters. The third-order valence-corrected chi connectivity index (χ3v) is 2.31. The summed E-state index contributed by atoms with van der Waals surface area (Å²) in [6.07, 6.45) is 3.14. The first kappa shape index (κ1) is 11.8. The SMILES string of the molecule is CSCCC(C)NC(=O)C(C)C. The van der Waals surface area contributed by atoms with Crippen molar-refractivity contribution < 1.29 is 4.79 Å². The van der Waals surface area contributed by atoms with E-state index in [2.05, 4.69) is 18.5 Å². The fourth-order valence-electron chi connectivity index (χ4n) is 0.776. The Balaban J connectivity index is 3.54. The third-order valence-electron chi connectivity index (χ3n) is 1.67. The van der Waals surface area contributed by atoms with Gasteiger partial charge in [0.1, 0.15) is 0 Å². The highest BCUT2D eigenvalue weighted by molar-refractivity contribution is 7.98. The second-order valence-corrected chi connectivity index (χ2v) is 4.33. The summed E-state index contributed by atoms with van der Waals surface area (Å²) in [6.45, 7) is 5.88. The maximum Gasteiger partial charge on any atom is 0.222 e. The van der Waals surface area contributed by atoms with Gasteiger partial charge in [-0.3, -0.25) is 4.79 Å². The average Bonchev–Trinajstić information content (AvgIpc) is 2.00. The molecule has 0 heterocycles. The van der Waals surface area contributed by atoms with Crippen molar-refractivity contribution in [2.24, 2.45) is 5.92 Å². The van der Waals surface area contributed by atoms with Crippen LogP contribution in [0.3, 0.4) is 0 Å². The van der Waals surface area contributed by atoms with Crippen LogP contribution in [0.1, 0.15) is 27.2 Å². The first-order chi connectivity index (χ1) is 5.57. The Morgan fingerprint density at radius 1 is 1.42 bits per heavy atom. The lowest BCUT2D eigenvalue weighted by Crippen LogP contribution is -2.35. The predicted octanol–water partition coefficient (Wildman–Crippen LogP) is 1.90. The Morgan fingerprint density at radius 2 is 2.00 bits per heavy atom. The van der Waals surface area contributed by atoms with Crippen LogP contribution in [-0.4, -0.2) is 24.0 Å². The molecule has 0 saturated heterocycles. The molecular formula is C9H19NOS. The van der Waals surface area contributed by atoms with Crippen molar-refractivity contribution in [3.63, 3.8) is 0 Å². The fraction of sp³-hybridized carbons (Fsp3) is 0.889. The summed E-state index contributed by atoms with van der Waals surface area (Å²) in [5.74, 6) is 1.37. The molecule has 0 rings (SSSR count). The van der Waals surface area contributed by atoms with Gasteiger partial charge in [0.25, 0.3) is 0 Å². The summed E-state index contributed by atoms with van der Waals surface area (Å²) in [5, 5.41) is 2.96. The van der Waals surface area contributed by atoms with Crippen LogP contribution in [0.2, 0.25) is 0 Å². The largest absolute Gasteiger partial charge is 0.353 e. The number of rotatable bonds is 5. The van der Waals surface area contributed by atoms with Crippen LogP contribution in [-0.2, 0) is 4.79 Å². The normalized spacial score (nSPS) is 13.1. The van der Waals surface area contributed by atoms with E-state index in [-0.39, 0.29) is 11.8 Å². The molecule has 1 amide bonds. The molecule has 0 radical (unpaired) electrons. The minimum absolute atomic E-state index is 0.0988. The van der Waals surface area contributed by atoms with Crippen molar-refractivity contribution in [1.29, 1.82) is 0 Å². The molecule has 0 aliphatic carbocycles. The number of carbonyl (C=O) groups excluding carboxylic acids is 1. The maximum atomic E-state index is 11.2. The standard InChI is InChI=1S/C9H19NOS/c1-7(2)9(11)10-8(3)5-6-12-4/h7-8H,5-6H2,1-4H3,(H,10,11). The van der Waals surface area contributed by atoms with E-state index in [9.17, 15) is 4.79 Å². The van der Waals surface area contributed by atoms with Crippen molar-refractivity contribution in [2.75, 3.05) is 12.0 Å². The first-order valence-corrected chi connectivity index (χ1v) is 5.76. The van der Waals surface area contributed by atoms with Gasteiger partial charge in [0.05, 0.1) is 0 Å². The molecule has 0 aromatic rings. The van der Waals surface area contributed by atoms with E-state index in [0.29, 0.717) is 6.04 Å². The van der Waals surface area contributed by atoms with Gasteiger partial charge in [0, 0.05) is 12.0 Å². The summed E-state index contributed by atoms with van der Waals surface area (Å²) in [4.78, 5) is 11.2. The van der Waals surface area contributed by atoms with E-state index in [1.165, 1.54) is 0 Å². The van der Waals surface area contributed by atoms with Gasteiger partial charge in [-0.1, -0.05) is 13.8 Å². The summed E-state index contributed by atoms with van der Waals surface area (Å²) in [6, 6.07) is 0.312. The van der Waals surface area contributed by atoms with E-state index in [1.807, 2.05) is 25.6 Å². The molecule has 1 unspecified atom stereocenters. The number of hydrogen-bond donors (Lipinski definition) is 1. The molecule has 0 aromatic heterocycles. The zero-order valence-corrected chi connectivity index (χ0v) is 9.20. The number of thioether (sulfide) groups is 1. The van der Waals surface area contributed by atoms with Gasteiger partial charge in [-0.05, 0) is 25.4 Å². The Kier molecular flexibility index (Phi) is 6.25. The molecule has 0 spiro atoms. The molecule has 0 saturated carbocycles. The van der Waals surface area contributed by atoms with Gasteiger partial charge in [-0.15, -0.1) is 0 Å². The van der Waals surface area contributed by atoms with E-state index < -0.39 is 0 Å². The lowest BCUT2D eigenvalue weighted by Gasteiger charge is -2.14. The van der Waals surface area contributed by atoms with E-state index in [1.54, 1.807) is 0 Å². The van der Waals surface area contributed by atoms with Crippen molar-refractivity contribution >= 4 is 17.7 Å². The molecule has 0 aromatic carbocycles. The van der Waals surface area contributed by atoms with Crippen LogP contribution in [0.15, 0.2) is 0 Å². The Morgan fingerprint density at radius 3 is 2.42 bits per heavy atom. The van der Waals surface area contributed by atoms with Gasteiger partial charge in [0.2, 0.25) is 5.91 Å². The lowest BCUT2D eigenvalue weighted by atomic mass is 10.2. The van der Waals surface area contributed by atoms with Crippen LogP contribution < -0.4 is 5.32 Å². The highest BCUT2D eigenvalue weighted by atomic mass is 32.2. The molecule has 0 bridgehead atoms. The highest BCUT2D eigenvalue weighted by Crippen LogP contribution is 2.01. The van der Waals surface area contributed by atoms with E-state index in [0.717, 1.165) is 12.2 Å². The van der Waals surface area contributed by atoms with Crippen LogP contribution in [0, 0.1) is 5.92 Å². The predicted molar refractivity (Wildman–Crippen MR) is 55.4 cm³/mol. The number of hydrogen-bond acceptors (Lipinski definition) is 2. The molecule has 0 aliphatic rings. The van der Waals surface area contributed by atoms with Crippen molar-refractivity contribution in [3.05, 3.63) is 0 Å². The van der Waals surface area contributed by atoms with Gasteiger partial charge >= 0.3 is 0 Å². The average molecular weight is 189 g/mol. The lowest BCUT2D eigenvalue weighted by molar-refractivity contribution is -0.124. The minimum atomic E-state index is 0.0988. The Labute approximate surface area is 79.5 Å². The number of amides is 1. The molecule has 12 heavy (non-hydrogen) atoms. The summed E-state index contributed by atoms with van der Waals surface area (Å²) >= 11 is 1.81. The summed E-state index contributed by atoms with van der Waals surface area (Å²) in [7, 11) is 0. The molecule has 2 nitrogen and oxygen atoms in total. The van der Waals surface area contributed by atoms with Crippen LogP contribution in [0.25, 0.3) is 0 Å². The molecule has 3 heteroatoms. The van der Waals surface area contributed by atoms with Crippen molar-refractivity contribution in [1.82, 2.24) is 5.32 Å². The minimum Gasteiger partial charge on any atom is -0.353 e. The quantitative estimate of drug-likeness (QED) is 0.715. The number of carbonyl (C=O) groups is 1. The fourth-order valence-corrected chi connectivity index (χ4v) is 1.37. The topological polar surface area (TPSA) is 29.1 Å². The van der Waals surface area contributed by atoms with Crippen LogP contribution in [0.4, 0.5) is 0 Å². The maximum absolute atomic E-state index is 11.2. The van der Waals surface area contributed by atoms with Gasteiger partial charge in [-0.2, -0.15) is 11.8 Å². The molecule has 1 N–H and O–H groups in total. The van der Waals surface area contributed by atoms with E-state index >= 15 is 0 Å². The molecule has 0 aliphatic heterocycles. The monoisotopic (exact) mass is 189 g/mol. The second-order valence-electron chi connectivity index (χ2n) is 3.35. The molecule has 0 fully saturated rings. The molecular weight excluding hydrogens is 170 g/mol. The van der Waals surface area contributed by atoms with Crippen molar-refractivity contribution in [3.8, 4) is 0 Å². The van der Waals surface area contributed by atoms with Gasteiger partial charge < -0.3 is 5.32 Å². The van der Waals surface area contributed by atoms with E-state index in [4.69, 9.17) is 0 Å². The Hall–Kier alpha value is -0.180. The zero-order valence-electron chi connectivity index (χ0n) is 8.39. The van der Waals surface area contributed by atoms with Crippen molar-refractivity contribution in [2.45, 2.75) is 33.2 Å². The molecule has 72 valence electrons. The second kappa shape index (κ2) is 6.35.